The number of rotatable bonds is 3. The van der Waals surface area contributed by atoms with Crippen LogP contribution in [-0.4, -0.2) is 26.7 Å². The highest BCUT2D eigenvalue weighted by atomic mass is 127. The lowest BCUT2D eigenvalue weighted by Gasteiger charge is -1.99. The number of aliphatic hydroxyl groups is 1. The maximum atomic E-state index is 9.19. The van der Waals surface area contributed by atoms with Crippen molar-refractivity contribution in [2.75, 3.05) is 7.05 Å². The van der Waals surface area contributed by atoms with Gasteiger partial charge in [-0.25, -0.2) is 4.58 Å². The summed E-state index contributed by atoms with van der Waals surface area (Å²) in [6.45, 7) is 3.93. The Kier molecular flexibility index (Phi) is 6.28. The highest BCUT2D eigenvalue weighted by Crippen LogP contribution is 1.96. The zero-order chi connectivity index (χ0) is 9.56. The molecule has 2 nitrogen and oxygen atoms in total. The van der Waals surface area contributed by atoms with Gasteiger partial charge in [-0.15, -0.1) is 0 Å². The van der Waals surface area contributed by atoms with E-state index in [-0.39, 0.29) is 0 Å². The minimum absolute atomic E-state index is 0.460. The van der Waals surface area contributed by atoms with Crippen molar-refractivity contribution in [3.63, 3.8) is 0 Å². The van der Waals surface area contributed by atoms with Crippen LogP contribution >= 0.6 is 22.6 Å². The first kappa shape index (κ1) is 11.8. The standard InChI is InChI=1S/C9H15INO/c1-4-5-6-7-8(2)11(3)9(10)12/h4-7,9,12H,1-3H3/q+1/b5-4-,7-6-,11-8+. The van der Waals surface area contributed by atoms with Crippen molar-refractivity contribution in [2.24, 2.45) is 0 Å². The van der Waals surface area contributed by atoms with E-state index < -0.39 is 4.23 Å². The van der Waals surface area contributed by atoms with Gasteiger partial charge in [-0.2, -0.15) is 0 Å². The predicted octanol–water partition coefficient (Wildman–Crippen LogP) is 1.93. The van der Waals surface area contributed by atoms with E-state index in [1.165, 1.54) is 0 Å². The third-order valence-corrected chi connectivity index (χ3v) is 2.35. The monoisotopic (exact) mass is 280 g/mol. The molecule has 1 unspecified atom stereocenters. The van der Waals surface area contributed by atoms with Crippen LogP contribution in [0.5, 0.6) is 0 Å². The molecule has 0 aliphatic heterocycles. The van der Waals surface area contributed by atoms with Gasteiger partial charge in [0.05, 0.1) is 0 Å². The highest BCUT2D eigenvalue weighted by molar-refractivity contribution is 14.1. The van der Waals surface area contributed by atoms with Gasteiger partial charge in [-0.3, -0.25) is 0 Å². The van der Waals surface area contributed by atoms with E-state index in [9.17, 15) is 5.11 Å². The number of alkyl halides is 1. The van der Waals surface area contributed by atoms with Gasteiger partial charge in [0.25, 0.3) is 0 Å². The molecule has 0 bridgehead atoms. The Labute approximate surface area is 87.4 Å². The molecule has 1 atom stereocenters. The van der Waals surface area contributed by atoms with E-state index in [1.807, 2.05) is 67.8 Å². The molecule has 0 aromatic carbocycles. The van der Waals surface area contributed by atoms with Crippen molar-refractivity contribution in [3.05, 3.63) is 24.3 Å². The molecule has 0 aromatic heterocycles. The molecule has 0 heterocycles. The van der Waals surface area contributed by atoms with Gasteiger partial charge in [0.15, 0.2) is 5.71 Å². The summed E-state index contributed by atoms with van der Waals surface area (Å²) in [6, 6.07) is 0. The first-order valence-corrected chi connectivity index (χ1v) is 5.02. The molecule has 0 saturated heterocycles. The SMILES string of the molecule is C\C=C/C=C\C(C)=[N+](/C)C(O)I. The smallest absolute Gasteiger partial charge is 0.305 e. The third kappa shape index (κ3) is 4.66. The van der Waals surface area contributed by atoms with Gasteiger partial charge >= 0.3 is 4.23 Å². The van der Waals surface area contributed by atoms with Crippen molar-refractivity contribution >= 4 is 28.3 Å². The van der Waals surface area contributed by atoms with Gasteiger partial charge in [0.1, 0.15) is 7.05 Å². The fraction of sp³-hybridized carbons (Fsp3) is 0.444. The largest absolute Gasteiger partial charge is 0.329 e. The molecule has 0 fully saturated rings. The number of nitrogens with zero attached hydrogens (tertiary/aromatic N) is 1. The molecule has 12 heavy (non-hydrogen) atoms. The molecule has 0 saturated carbocycles. The van der Waals surface area contributed by atoms with Crippen LogP contribution in [0.3, 0.4) is 0 Å². The number of halogens is 1. The topological polar surface area (TPSA) is 23.2 Å². The normalized spacial score (nSPS) is 17.1. The molecular formula is C9H15INO+. The third-order valence-electron chi connectivity index (χ3n) is 1.52. The lowest BCUT2D eigenvalue weighted by molar-refractivity contribution is -0.546. The first-order chi connectivity index (χ1) is 5.59. The molecule has 3 heteroatoms. The van der Waals surface area contributed by atoms with Gasteiger partial charge in [0.2, 0.25) is 0 Å². The molecule has 0 radical (unpaired) electrons. The Morgan fingerprint density at radius 1 is 1.50 bits per heavy atom. The Balaban J connectivity index is 4.36. The lowest BCUT2D eigenvalue weighted by Crippen LogP contribution is -2.20. The molecule has 0 rings (SSSR count). The lowest BCUT2D eigenvalue weighted by atomic mass is 10.3. The minimum atomic E-state index is -0.460. The average molecular weight is 280 g/mol. The summed E-state index contributed by atoms with van der Waals surface area (Å²) >= 11 is 1.95. The Morgan fingerprint density at radius 2 is 2.08 bits per heavy atom. The van der Waals surface area contributed by atoms with Gasteiger partial charge in [-0.05, 0) is 6.92 Å². The van der Waals surface area contributed by atoms with Gasteiger partial charge in [0, 0.05) is 35.6 Å². The van der Waals surface area contributed by atoms with Crippen molar-refractivity contribution in [1.29, 1.82) is 0 Å². The predicted molar refractivity (Wildman–Crippen MR) is 60.8 cm³/mol. The molecule has 0 aliphatic rings. The summed E-state index contributed by atoms with van der Waals surface area (Å²) < 4.78 is 1.33. The van der Waals surface area contributed by atoms with Crippen LogP contribution < -0.4 is 0 Å². The highest BCUT2D eigenvalue weighted by Gasteiger charge is 2.08. The summed E-state index contributed by atoms with van der Waals surface area (Å²) in [4.78, 5) is 0. The van der Waals surface area contributed by atoms with Crippen LogP contribution in [0.25, 0.3) is 0 Å². The van der Waals surface area contributed by atoms with Crippen molar-refractivity contribution in [2.45, 2.75) is 18.1 Å². The second-order valence-electron chi connectivity index (χ2n) is 2.45. The quantitative estimate of drug-likeness (QED) is 0.159. The van der Waals surface area contributed by atoms with E-state index in [2.05, 4.69) is 0 Å². The first-order valence-electron chi connectivity index (χ1n) is 3.77. The average Bonchev–Trinajstić information content (AvgIpc) is 2.03. The van der Waals surface area contributed by atoms with Crippen LogP contribution in [0.15, 0.2) is 24.3 Å². The summed E-state index contributed by atoms with van der Waals surface area (Å²) in [7, 11) is 1.85. The van der Waals surface area contributed by atoms with Crippen LogP contribution in [0, 0.1) is 0 Å². The molecule has 0 amide bonds. The van der Waals surface area contributed by atoms with Crippen molar-refractivity contribution in [1.82, 2.24) is 0 Å². The van der Waals surface area contributed by atoms with E-state index in [0.717, 1.165) is 5.71 Å². The van der Waals surface area contributed by atoms with E-state index in [1.54, 1.807) is 4.58 Å². The number of aliphatic hydroxyl groups excluding tert-OH is 1. The molecule has 0 aliphatic carbocycles. The number of hydrogen-bond donors (Lipinski definition) is 1. The van der Waals surface area contributed by atoms with E-state index in [0.29, 0.717) is 0 Å². The summed E-state index contributed by atoms with van der Waals surface area (Å²) in [5.41, 5.74) is 1.04. The van der Waals surface area contributed by atoms with Crippen molar-refractivity contribution < 1.29 is 9.68 Å². The molecule has 0 aromatic rings. The fourth-order valence-corrected chi connectivity index (χ4v) is 1.03. The van der Waals surface area contributed by atoms with Crippen LogP contribution in [0.4, 0.5) is 0 Å². The van der Waals surface area contributed by atoms with Crippen molar-refractivity contribution in [3.8, 4) is 0 Å². The van der Waals surface area contributed by atoms with Crippen LogP contribution in [0.2, 0.25) is 0 Å². The maximum Gasteiger partial charge on any atom is 0.305 e. The summed E-state index contributed by atoms with van der Waals surface area (Å²) in [6.07, 6.45) is 7.83. The Bertz CT molecular complexity index is 217. The van der Waals surface area contributed by atoms with Gasteiger partial charge < -0.3 is 5.11 Å². The molecular weight excluding hydrogens is 265 g/mol. The maximum absolute atomic E-state index is 9.19. The fourth-order valence-electron chi connectivity index (χ4n) is 0.592. The zero-order valence-corrected chi connectivity index (χ0v) is 9.82. The van der Waals surface area contributed by atoms with Crippen LogP contribution in [-0.2, 0) is 0 Å². The van der Waals surface area contributed by atoms with E-state index in [4.69, 9.17) is 0 Å². The van der Waals surface area contributed by atoms with Crippen LogP contribution in [0.1, 0.15) is 13.8 Å². The number of hydrogen-bond acceptors (Lipinski definition) is 1. The van der Waals surface area contributed by atoms with E-state index >= 15 is 0 Å². The zero-order valence-electron chi connectivity index (χ0n) is 7.66. The minimum Gasteiger partial charge on any atom is -0.329 e. The van der Waals surface area contributed by atoms with Gasteiger partial charge in [-0.1, -0.05) is 18.2 Å². The Hall–Kier alpha value is -0.160. The second kappa shape index (κ2) is 6.37. The number of allylic oxidation sites excluding steroid dienone is 4. The summed E-state index contributed by atoms with van der Waals surface area (Å²) in [5.74, 6) is 0. The second-order valence-corrected chi connectivity index (χ2v) is 3.56. The molecule has 68 valence electrons. The Morgan fingerprint density at radius 3 is 2.50 bits per heavy atom. The molecule has 1 N–H and O–H groups in total. The summed E-state index contributed by atoms with van der Waals surface area (Å²) in [5, 5.41) is 9.19. The molecule has 0 spiro atoms.